The minimum Gasteiger partial charge on any atom is -0.466 e. The maximum Gasteiger partial charge on any atom is 0.459 e. The number of esters is 1. The molecule has 0 radical (unpaired) electrons. The maximum atomic E-state index is 12.9. The Morgan fingerprint density at radius 2 is 1.61 bits per heavy atom. The van der Waals surface area contributed by atoms with E-state index in [4.69, 9.17) is 0 Å². The molecule has 0 amide bonds. The molecule has 3 nitrogen and oxygen atoms in total. The maximum absolute atomic E-state index is 12.9. The van der Waals surface area contributed by atoms with E-state index in [-0.39, 0.29) is 6.61 Å². The predicted molar refractivity (Wildman–Crippen MR) is 45.2 cm³/mol. The zero-order valence-electron chi connectivity index (χ0n) is 9.03. The smallest absolute Gasteiger partial charge is 0.459 e. The van der Waals surface area contributed by atoms with Crippen LogP contribution in [0.4, 0.5) is 30.7 Å². The molecular weight excluding hydrogens is 275 g/mol. The minimum atomic E-state index is -6.47. The van der Waals surface area contributed by atoms with Gasteiger partial charge in [0.1, 0.15) is 0 Å². The average Bonchev–Trinajstić information content (AvgIpc) is 2.15. The fourth-order valence-electron chi connectivity index (χ4n) is 0.949. The molecule has 0 saturated carbocycles. The van der Waals surface area contributed by atoms with Crippen LogP contribution in [-0.4, -0.2) is 36.6 Å². The molecule has 0 unspecified atom stereocenters. The van der Waals surface area contributed by atoms with E-state index in [9.17, 15) is 35.5 Å². The fraction of sp³-hybridized carbons (Fsp3) is 0.875. The summed E-state index contributed by atoms with van der Waals surface area (Å²) in [5.74, 6) is -13.3. The summed E-state index contributed by atoms with van der Waals surface area (Å²) in [6.07, 6.45) is -7.92. The molecule has 108 valence electrons. The Morgan fingerprint density at radius 1 is 1.17 bits per heavy atom. The number of hydrogen-bond donors (Lipinski definition) is 1. The van der Waals surface area contributed by atoms with Crippen molar-refractivity contribution in [1.82, 2.24) is 0 Å². The number of hydrogen-bond acceptors (Lipinski definition) is 3. The Morgan fingerprint density at radius 3 is 1.94 bits per heavy atom. The summed E-state index contributed by atoms with van der Waals surface area (Å²) in [5, 5.41) is 0. The third kappa shape index (κ3) is 3.24. The molecule has 0 spiro atoms. The second-order valence-corrected chi connectivity index (χ2v) is 3.31. The van der Waals surface area contributed by atoms with Crippen LogP contribution in [-0.2, 0) is 9.53 Å². The van der Waals surface area contributed by atoms with Gasteiger partial charge >= 0.3 is 24.0 Å². The van der Waals surface area contributed by atoms with Gasteiger partial charge in [-0.25, -0.2) is 0 Å². The standard InChI is InChI=1S/C8H10F7NO2/c1-2-18-5(17)3-4(16)6(9,10)7(11,12)8(13,14)15/h4H,2-3,16H2,1H3/t4-/m0/s1. The molecule has 2 N–H and O–H groups in total. The third-order valence-corrected chi connectivity index (χ3v) is 1.93. The lowest BCUT2D eigenvalue weighted by Gasteiger charge is -2.31. The molecule has 0 aromatic heterocycles. The van der Waals surface area contributed by atoms with Crippen molar-refractivity contribution in [2.45, 2.75) is 37.4 Å². The lowest BCUT2D eigenvalue weighted by molar-refractivity contribution is -0.358. The molecule has 0 aromatic carbocycles. The topological polar surface area (TPSA) is 52.3 Å². The Bertz CT molecular complexity index is 302. The molecule has 0 aliphatic carbocycles. The second-order valence-electron chi connectivity index (χ2n) is 3.31. The average molecular weight is 285 g/mol. The molecule has 0 rings (SSSR count). The first kappa shape index (κ1) is 16.9. The molecule has 0 aliphatic heterocycles. The predicted octanol–water partition coefficient (Wildman–Crippen LogP) is 2.10. The van der Waals surface area contributed by atoms with Crippen molar-refractivity contribution in [3.8, 4) is 0 Å². The van der Waals surface area contributed by atoms with E-state index in [1.54, 1.807) is 0 Å². The van der Waals surface area contributed by atoms with Gasteiger partial charge < -0.3 is 10.5 Å². The first-order chi connectivity index (χ1) is 7.88. The molecule has 0 aromatic rings. The van der Waals surface area contributed by atoms with Gasteiger partial charge in [-0.3, -0.25) is 4.79 Å². The molecule has 18 heavy (non-hydrogen) atoms. The molecule has 1 atom stereocenters. The zero-order valence-corrected chi connectivity index (χ0v) is 9.03. The van der Waals surface area contributed by atoms with E-state index in [0.29, 0.717) is 0 Å². The molecule has 0 bridgehead atoms. The summed E-state index contributed by atoms with van der Waals surface area (Å²) in [5.41, 5.74) is 4.53. The van der Waals surface area contributed by atoms with Gasteiger partial charge in [-0.15, -0.1) is 0 Å². The van der Waals surface area contributed by atoms with Crippen LogP contribution < -0.4 is 5.73 Å². The summed E-state index contributed by atoms with van der Waals surface area (Å²) >= 11 is 0. The number of carbonyl (C=O) groups excluding carboxylic acids is 1. The van der Waals surface area contributed by atoms with Crippen LogP contribution in [0.2, 0.25) is 0 Å². The van der Waals surface area contributed by atoms with Crippen molar-refractivity contribution >= 4 is 5.97 Å². The lowest BCUT2D eigenvalue weighted by atomic mass is 10.0. The summed E-state index contributed by atoms with van der Waals surface area (Å²) in [7, 11) is 0. The van der Waals surface area contributed by atoms with Crippen LogP contribution in [0.15, 0.2) is 0 Å². The van der Waals surface area contributed by atoms with Gasteiger partial charge in [-0.1, -0.05) is 0 Å². The molecule has 10 heteroatoms. The molecule has 0 fully saturated rings. The number of halogens is 7. The van der Waals surface area contributed by atoms with Crippen molar-refractivity contribution in [3.63, 3.8) is 0 Å². The number of carbonyl (C=O) groups is 1. The number of ether oxygens (including phenoxy) is 1. The van der Waals surface area contributed by atoms with Crippen LogP contribution in [0.3, 0.4) is 0 Å². The second kappa shape index (κ2) is 5.29. The minimum absolute atomic E-state index is 0.243. The summed E-state index contributed by atoms with van der Waals surface area (Å²) in [6.45, 7) is 1.05. The van der Waals surface area contributed by atoms with Gasteiger partial charge in [-0.05, 0) is 6.92 Å². The fourth-order valence-corrected chi connectivity index (χ4v) is 0.949. The van der Waals surface area contributed by atoms with Crippen molar-refractivity contribution in [2.75, 3.05) is 6.61 Å². The van der Waals surface area contributed by atoms with Gasteiger partial charge in [0.15, 0.2) is 0 Å². The van der Waals surface area contributed by atoms with E-state index in [2.05, 4.69) is 10.5 Å². The Kier molecular flexibility index (Phi) is 4.98. The highest BCUT2D eigenvalue weighted by Crippen LogP contribution is 2.48. The Hall–Kier alpha value is -1.06. The number of alkyl halides is 7. The zero-order chi connectivity index (χ0) is 14.8. The van der Waals surface area contributed by atoms with Gasteiger partial charge in [0.05, 0.1) is 19.1 Å². The van der Waals surface area contributed by atoms with Crippen molar-refractivity contribution in [1.29, 1.82) is 0 Å². The van der Waals surface area contributed by atoms with Crippen LogP contribution in [0, 0.1) is 0 Å². The van der Waals surface area contributed by atoms with Crippen LogP contribution in [0.5, 0.6) is 0 Å². The van der Waals surface area contributed by atoms with Gasteiger partial charge in [0.25, 0.3) is 0 Å². The van der Waals surface area contributed by atoms with Crippen molar-refractivity contribution in [2.24, 2.45) is 5.73 Å². The highest BCUT2D eigenvalue weighted by Gasteiger charge is 2.74. The first-order valence-electron chi connectivity index (χ1n) is 4.61. The van der Waals surface area contributed by atoms with Crippen LogP contribution in [0.1, 0.15) is 13.3 Å². The third-order valence-electron chi connectivity index (χ3n) is 1.93. The van der Waals surface area contributed by atoms with Crippen LogP contribution in [0.25, 0.3) is 0 Å². The monoisotopic (exact) mass is 285 g/mol. The number of nitrogens with two attached hydrogens (primary N) is 1. The van der Waals surface area contributed by atoms with E-state index in [0.717, 1.165) is 0 Å². The van der Waals surface area contributed by atoms with Crippen molar-refractivity contribution in [3.05, 3.63) is 0 Å². The van der Waals surface area contributed by atoms with Gasteiger partial charge in [0, 0.05) is 0 Å². The van der Waals surface area contributed by atoms with E-state index >= 15 is 0 Å². The highest BCUT2D eigenvalue weighted by atomic mass is 19.4. The van der Waals surface area contributed by atoms with Gasteiger partial charge in [-0.2, -0.15) is 30.7 Å². The summed E-state index contributed by atoms with van der Waals surface area (Å²) in [4.78, 5) is 10.7. The first-order valence-corrected chi connectivity index (χ1v) is 4.61. The largest absolute Gasteiger partial charge is 0.466 e. The quantitative estimate of drug-likeness (QED) is 0.621. The van der Waals surface area contributed by atoms with E-state index in [1.165, 1.54) is 6.92 Å². The number of rotatable bonds is 5. The Balaban J connectivity index is 4.97. The molecule has 0 aliphatic rings. The SMILES string of the molecule is CCOC(=O)C[C@H](N)C(F)(F)C(F)(F)C(F)(F)F. The summed E-state index contributed by atoms with van der Waals surface area (Å²) < 4.78 is 90.2. The van der Waals surface area contributed by atoms with Gasteiger partial charge in [0.2, 0.25) is 0 Å². The molecular formula is C8H10F7NO2. The van der Waals surface area contributed by atoms with Crippen molar-refractivity contribution < 1.29 is 40.3 Å². The lowest BCUT2D eigenvalue weighted by Crippen LogP contribution is -2.60. The summed E-state index contributed by atoms with van der Waals surface area (Å²) in [6, 6.07) is -3.01. The highest BCUT2D eigenvalue weighted by molar-refractivity contribution is 5.70. The molecule has 0 saturated heterocycles. The Labute approximate surface area is 97.1 Å². The van der Waals surface area contributed by atoms with E-state index < -0.39 is 36.5 Å². The van der Waals surface area contributed by atoms with Crippen LogP contribution >= 0.6 is 0 Å². The van der Waals surface area contributed by atoms with E-state index in [1.807, 2.05) is 0 Å². The molecule has 0 heterocycles. The normalized spacial score (nSPS) is 15.4.